The molecule has 0 radical (unpaired) electrons. The lowest BCUT2D eigenvalue weighted by atomic mass is 9.79. The first-order valence-electron chi connectivity index (χ1n) is 17.3. The molecule has 2 aliphatic carbocycles. The van der Waals surface area contributed by atoms with Gasteiger partial charge in [-0.25, -0.2) is 9.78 Å². The summed E-state index contributed by atoms with van der Waals surface area (Å²) in [5, 5.41) is 23.6. The highest BCUT2D eigenvalue weighted by Gasteiger charge is 2.36. The fraction of sp³-hybridized carbons (Fsp3) is 0.541. The molecule has 48 heavy (non-hydrogen) atoms. The van der Waals surface area contributed by atoms with E-state index in [9.17, 15) is 20.0 Å². The number of carbonyl (C=O) groups is 2. The number of nitrogens with zero attached hydrogens (tertiary/aromatic N) is 6. The van der Waals surface area contributed by atoms with Gasteiger partial charge in [0.05, 0.1) is 32.5 Å². The molecule has 3 heterocycles. The number of carbonyl (C=O) groups excluding carboxylic acids is 2. The molecule has 3 fully saturated rings. The van der Waals surface area contributed by atoms with Crippen molar-refractivity contribution >= 4 is 17.7 Å². The van der Waals surface area contributed by atoms with Gasteiger partial charge in [-0.2, -0.15) is 10.4 Å². The van der Waals surface area contributed by atoms with E-state index in [1.807, 2.05) is 46.2 Å². The zero-order valence-electron chi connectivity index (χ0n) is 28.1. The first-order valence-corrected chi connectivity index (χ1v) is 17.3. The Labute approximate surface area is 282 Å². The van der Waals surface area contributed by atoms with E-state index in [-0.39, 0.29) is 36.0 Å². The Hall–Kier alpha value is -4.43. The van der Waals surface area contributed by atoms with Crippen molar-refractivity contribution in [3.05, 3.63) is 60.2 Å². The van der Waals surface area contributed by atoms with Crippen LogP contribution in [0.3, 0.4) is 0 Å². The van der Waals surface area contributed by atoms with Gasteiger partial charge in [-0.15, -0.1) is 0 Å². The second-order valence-corrected chi connectivity index (χ2v) is 13.8. The number of hydrogen-bond donors (Lipinski definition) is 1. The molecule has 0 bridgehead atoms. The van der Waals surface area contributed by atoms with Gasteiger partial charge >= 0.3 is 6.09 Å². The number of ether oxygens (including phenoxy) is 2. The number of methoxy groups -OCH3 is 1. The zero-order chi connectivity index (χ0) is 33.8. The highest BCUT2D eigenvalue weighted by molar-refractivity contribution is 5.95. The highest BCUT2D eigenvalue weighted by atomic mass is 16.6. The van der Waals surface area contributed by atoms with Crippen molar-refractivity contribution in [3.63, 3.8) is 0 Å². The highest BCUT2D eigenvalue weighted by Crippen LogP contribution is 2.38. The summed E-state index contributed by atoms with van der Waals surface area (Å²) in [6.07, 6.45) is 9.27. The SMILES string of the molecule is COc1ccc([C@H]2CC[C@H](CN(c3cccc(-c4cnn(C(C)C)c4)c3)C(=O)[C@H]3CC[C@H](OC(=O)N4CC(O)C4)CC3)CC2)nc1C#N. The van der Waals surface area contributed by atoms with Crippen LogP contribution in [0.15, 0.2) is 48.8 Å². The second kappa shape index (κ2) is 14.8. The minimum Gasteiger partial charge on any atom is -0.494 e. The summed E-state index contributed by atoms with van der Waals surface area (Å²) < 4.78 is 12.9. The number of aliphatic hydroxyl groups is 1. The number of pyridine rings is 1. The summed E-state index contributed by atoms with van der Waals surface area (Å²) in [4.78, 5) is 34.9. The number of nitriles is 1. The van der Waals surface area contributed by atoms with Crippen LogP contribution in [0, 0.1) is 23.2 Å². The molecular weight excluding hydrogens is 608 g/mol. The van der Waals surface area contributed by atoms with Crippen LogP contribution in [-0.2, 0) is 9.53 Å². The number of aromatic nitrogens is 3. The maximum absolute atomic E-state index is 14.4. The number of anilines is 1. The standard InChI is InChI=1S/C37H46N6O5/c1-24(2)43-21-29(19-39-43)28-5-4-6-30(17-28)42(36(45)27-11-13-32(14-12-27)48-37(46)41-22-31(44)23-41)20-25-7-9-26(10-8-25)33-15-16-35(47-3)34(18-38)40-33/h4-6,15-17,19,21,24-27,31-32,44H,7-14,20,22-23H2,1-3H3/t25-,26-,27-,32-. The molecule has 3 aromatic rings. The lowest BCUT2D eigenvalue weighted by Crippen LogP contribution is -2.54. The van der Waals surface area contributed by atoms with E-state index >= 15 is 0 Å². The summed E-state index contributed by atoms with van der Waals surface area (Å²) in [6.45, 7) is 5.46. The third kappa shape index (κ3) is 7.49. The van der Waals surface area contributed by atoms with Gasteiger partial charge in [0.2, 0.25) is 5.91 Å². The van der Waals surface area contributed by atoms with E-state index in [4.69, 9.17) is 9.47 Å². The van der Waals surface area contributed by atoms with Crippen LogP contribution in [0.5, 0.6) is 5.75 Å². The van der Waals surface area contributed by atoms with E-state index in [1.54, 1.807) is 7.11 Å². The fourth-order valence-electron chi connectivity index (χ4n) is 7.25. The Morgan fingerprint density at radius 3 is 2.44 bits per heavy atom. The molecule has 2 saturated carbocycles. The Morgan fingerprint density at radius 1 is 1.04 bits per heavy atom. The van der Waals surface area contributed by atoms with E-state index in [0.717, 1.165) is 48.2 Å². The number of hydrogen-bond acceptors (Lipinski definition) is 8. The minimum absolute atomic E-state index is 0.123. The first-order chi connectivity index (χ1) is 23.2. The van der Waals surface area contributed by atoms with Crippen molar-refractivity contribution in [2.75, 3.05) is 31.6 Å². The number of benzene rings is 1. The van der Waals surface area contributed by atoms with Gasteiger partial charge in [-0.05, 0) is 101 Å². The van der Waals surface area contributed by atoms with Crippen molar-refractivity contribution in [2.24, 2.45) is 11.8 Å². The van der Waals surface area contributed by atoms with E-state index in [2.05, 4.69) is 42.1 Å². The third-order valence-corrected chi connectivity index (χ3v) is 10.2. The summed E-state index contributed by atoms with van der Waals surface area (Å²) in [6, 6.07) is 14.4. The van der Waals surface area contributed by atoms with Crippen LogP contribution in [0.2, 0.25) is 0 Å². The minimum atomic E-state index is -0.465. The Bertz CT molecular complexity index is 1630. The lowest BCUT2D eigenvalue weighted by Gasteiger charge is -2.38. The van der Waals surface area contributed by atoms with Crippen LogP contribution >= 0.6 is 0 Å². The van der Waals surface area contributed by atoms with Crippen LogP contribution in [-0.4, -0.2) is 75.7 Å². The average molecular weight is 655 g/mol. The molecule has 2 aromatic heterocycles. The Kier molecular flexibility index (Phi) is 10.3. The number of likely N-dealkylation sites (tertiary alicyclic amines) is 1. The molecule has 6 rings (SSSR count). The van der Waals surface area contributed by atoms with Crippen LogP contribution in [0.1, 0.15) is 88.6 Å². The van der Waals surface area contributed by atoms with Crippen LogP contribution in [0.25, 0.3) is 11.1 Å². The maximum Gasteiger partial charge on any atom is 0.410 e. The Balaban J connectivity index is 1.15. The fourth-order valence-corrected chi connectivity index (χ4v) is 7.25. The molecule has 1 N–H and O–H groups in total. The lowest BCUT2D eigenvalue weighted by molar-refractivity contribution is -0.124. The summed E-state index contributed by atoms with van der Waals surface area (Å²) in [5.74, 6) is 1.06. The monoisotopic (exact) mass is 654 g/mol. The quantitative estimate of drug-likeness (QED) is 0.293. The van der Waals surface area contributed by atoms with Crippen LogP contribution in [0.4, 0.5) is 10.5 Å². The van der Waals surface area contributed by atoms with Gasteiger partial charge in [0.25, 0.3) is 0 Å². The smallest absolute Gasteiger partial charge is 0.410 e. The molecule has 0 atom stereocenters. The predicted molar refractivity (Wildman–Crippen MR) is 180 cm³/mol. The van der Waals surface area contributed by atoms with Crippen molar-refractivity contribution in [2.45, 2.75) is 89.4 Å². The maximum atomic E-state index is 14.4. The number of β-amino-alcohol motifs (C(OH)–C–C–N with tert-alkyl or cyclic N) is 1. The van der Waals surface area contributed by atoms with Crippen molar-refractivity contribution in [1.29, 1.82) is 5.26 Å². The Morgan fingerprint density at radius 2 is 1.79 bits per heavy atom. The largest absolute Gasteiger partial charge is 0.494 e. The molecule has 1 saturated heterocycles. The molecule has 1 aliphatic heterocycles. The van der Waals surface area contributed by atoms with Gasteiger partial charge in [0.1, 0.15) is 12.2 Å². The van der Waals surface area contributed by atoms with Gasteiger partial charge in [-0.3, -0.25) is 9.48 Å². The third-order valence-electron chi connectivity index (χ3n) is 10.2. The zero-order valence-corrected chi connectivity index (χ0v) is 28.1. The van der Waals surface area contributed by atoms with E-state index in [1.165, 1.54) is 4.90 Å². The molecule has 11 nitrogen and oxygen atoms in total. The molecular formula is C37H46N6O5. The molecule has 0 spiro atoms. The first kappa shape index (κ1) is 33.5. The number of amides is 2. The van der Waals surface area contributed by atoms with Gasteiger partial charge in [0.15, 0.2) is 11.4 Å². The summed E-state index contributed by atoms with van der Waals surface area (Å²) >= 11 is 0. The molecule has 1 aromatic carbocycles. The van der Waals surface area contributed by atoms with Crippen molar-refractivity contribution < 1.29 is 24.2 Å². The van der Waals surface area contributed by atoms with Crippen LogP contribution < -0.4 is 9.64 Å². The number of aliphatic hydroxyl groups excluding tert-OH is 1. The van der Waals surface area contributed by atoms with Crippen molar-refractivity contribution in [1.82, 2.24) is 19.7 Å². The van der Waals surface area contributed by atoms with Gasteiger partial charge in [-0.1, -0.05) is 12.1 Å². The predicted octanol–water partition coefficient (Wildman–Crippen LogP) is 6.09. The molecule has 11 heteroatoms. The summed E-state index contributed by atoms with van der Waals surface area (Å²) in [7, 11) is 1.55. The normalized spacial score (nSPS) is 22.9. The van der Waals surface area contributed by atoms with Gasteiger partial charge < -0.3 is 24.4 Å². The van der Waals surface area contributed by atoms with E-state index < -0.39 is 6.10 Å². The number of rotatable bonds is 9. The second-order valence-electron chi connectivity index (χ2n) is 13.8. The molecule has 3 aliphatic rings. The topological polar surface area (TPSA) is 134 Å². The van der Waals surface area contributed by atoms with E-state index in [0.29, 0.717) is 62.7 Å². The summed E-state index contributed by atoms with van der Waals surface area (Å²) in [5.41, 5.74) is 4.16. The molecule has 0 unspecified atom stereocenters. The van der Waals surface area contributed by atoms with Crippen molar-refractivity contribution in [3.8, 4) is 22.9 Å². The van der Waals surface area contributed by atoms with Gasteiger partial charge in [0, 0.05) is 47.6 Å². The average Bonchev–Trinajstić information content (AvgIpc) is 3.60. The molecule has 254 valence electrons. The molecule has 2 amide bonds.